The third-order valence-electron chi connectivity index (χ3n) is 3.91. The highest BCUT2D eigenvalue weighted by Gasteiger charge is 2.23. The SMILES string of the molecule is CNC1CCc2c(OCc3ccc(O)cc3)cccc21. The highest BCUT2D eigenvalue weighted by Crippen LogP contribution is 2.36. The number of aromatic hydroxyl groups is 1. The number of hydrogen-bond donors (Lipinski definition) is 2. The summed E-state index contributed by atoms with van der Waals surface area (Å²) in [5, 5.41) is 12.6. The van der Waals surface area contributed by atoms with Gasteiger partial charge in [-0.25, -0.2) is 0 Å². The summed E-state index contributed by atoms with van der Waals surface area (Å²) in [4.78, 5) is 0. The monoisotopic (exact) mass is 269 g/mol. The van der Waals surface area contributed by atoms with E-state index < -0.39 is 0 Å². The Morgan fingerprint density at radius 3 is 2.75 bits per heavy atom. The first-order valence-corrected chi connectivity index (χ1v) is 6.97. The quantitative estimate of drug-likeness (QED) is 0.895. The van der Waals surface area contributed by atoms with Crippen molar-refractivity contribution in [2.45, 2.75) is 25.5 Å². The second-order valence-corrected chi connectivity index (χ2v) is 5.16. The second kappa shape index (κ2) is 5.55. The Balaban J connectivity index is 1.75. The van der Waals surface area contributed by atoms with E-state index >= 15 is 0 Å². The van der Waals surface area contributed by atoms with Gasteiger partial charge in [0, 0.05) is 6.04 Å². The maximum atomic E-state index is 9.28. The molecule has 1 atom stereocenters. The first-order valence-electron chi connectivity index (χ1n) is 6.97. The molecule has 104 valence electrons. The number of rotatable bonds is 4. The predicted molar refractivity (Wildman–Crippen MR) is 79.0 cm³/mol. The van der Waals surface area contributed by atoms with Crippen LogP contribution in [0.1, 0.15) is 29.2 Å². The summed E-state index contributed by atoms with van der Waals surface area (Å²) in [6.45, 7) is 0.529. The molecule has 0 saturated heterocycles. The number of ether oxygens (including phenoxy) is 1. The molecular formula is C17H19NO2. The fourth-order valence-electron chi connectivity index (χ4n) is 2.81. The smallest absolute Gasteiger partial charge is 0.123 e. The van der Waals surface area contributed by atoms with Crippen LogP contribution in [0.15, 0.2) is 42.5 Å². The van der Waals surface area contributed by atoms with E-state index in [1.165, 1.54) is 11.1 Å². The number of fused-ring (bicyclic) bond motifs is 1. The minimum Gasteiger partial charge on any atom is -0.508 e. The van der Waals surface area contributed by atoms with Crippen LogP contribution in [0, 0.1) is 0 Å². The number of benzene rings is 2. The van der Waals surface area contributed by atoms with Gasteiger partial charge in [-0.05, 0) is 54.8 Å². The van der Waals surface area contributed by atoms with Crippen molar-refractivity contribution in [3.63, 3.8) is 0 Å². The summed E-state index contributed by atoms with van der Waals surface area (Å²) in [5.74, 6) is 1.26. The van der Waals surface area contributed by atoms with Crippen LogP contribution in [0.2, 0.25) is 0 Å². The van der Waals surface area contributed by atoms with Crippen molar-refractivity contribution in [2.24, 2.45) is 0 Å². The second-order valence-electron chi connectivity index (χ2n) is 5.16. The summed E-state index contributed by atoms with van der Waals surface area (Å²) in [6.07, 6.45) is 2.19. The van der Waals surface area contributed by atoms with Gasteiger partial charge in [-0.3, -0.25) is 0 Å². The summed E-state index contributed by atoms with van der Waals surface area (Å²) in [6, 6.07) is 13.9. The Morgan fingerprint density at radius 2 is 2.00 bits per heavy atom. The lowest BCUT2D eigenvalue weighted by Gasteiger charge is -2.13. The lowest BCUT2D eigenvalue weighted by molar-refractivity contribution is 0.303. The van der Waals surface area contributed by atoms with Gasteiger partial charge in [0.05, 0.1) is 0 Å². The van der Waals surface area contributed by atoms with Crippen molar-refractivity contribution in [2.75, 3.05) is 7.05 Å². The number of phenols is 1. The van der Waals surface area contributed by atoms with Crippen molar-refractivity contribution in [3.8, 4) is 11.5 Å². The van der Waals surface area contributed by atoms with Gasteiger partial charge < -0.3 is 15.2 Å². The Morgan fingerprint density at radius 1 is 1.20 bits per heavy atom. The van der Waals surface area contributed by atoms with Crippen molar-refractivity contribution in [1.29, 1.82) is 0 Å². The van der Waals surface area contributed by atoms with Gasteiger partial charge in [0.2, 0.25) is 0 Å². The van der Waals surface area contributed by atoms with Crippen LogP contribution in [-0.2, 0) is 13.0 Å². The van der Waals surface area contributed by atoms with Gasteiger partial charge >= 0.3 is 0 Å². The van der Waals surface area contributed by atoms with E-state index in [1.807, 2.05) is 25.2 Å². The van der Waals surface area contributed by atoms with Gasteiger partial charge in [-0.1, -0.05) is 24.3 Å². The summed E-state index contributed by atoms with van der Waals surface area (Å²) in [5.41, 5.74) is 3.74. The van der Waals surface area contributed by atoms with E-state index in [4.69, 9.17) is 4.74 Å². The van der Waals surface area contributed by atoms with Crippen LogP contribution >= 0.6 is 0 Å². The zero-order chi connectivity index (χ0) is 13.9. The van der Waals surface area contributed by atoms with Crippen molar-refractivity contribution in [1.82, 2.24) is 5.32 Å². The molecule has 0 fully saturated rings. The first kappa shape index (κ1) is 13.0. The van der Waals surface area contributed by atoms with E-state index in [2.05, 4.69) is 17.4 Å². The van der Waals surface area contributed by atoms with Gasteiger partial charge in [0.15, 0.2) is 0 Å². The van der Waals surface area contributed by atoms with Gasteiger partial charge in [0.1, 0.15) is 18.1 Å². The standard InChI is InChI=1S/C17H19NO2/c1-18-16-10-9-15-14(16)3-2-4-17(15)20-11-12-5-7-13(19)8-6-12/h2-8,16,18-19H,9-11H2,1H3. The molecule has 0 aromatic heterocycles. The maximum Gasteiger partial charge on any atom is 0.123 e. The number of phenolic OH excluding ortho intramolecular Hbond substituents is 1. The highest BCUT2D eigenvalue weighted by atomic mass is 16.5. The average molecular weight is 269 g/mol. The van der Waals surface area contributed by atoms with Crippen molar-refractivity contribution < 1.29 is 9.84 Å². The van der Waals surface area contributed by atoms with Crippen molar-refractivity contribution in [3.05, 3.63) is 59.2 Å². The van der Waals surface area contributed by atoms with E-state index in [1.54, 1.807) is 12.1 Å². The Labute approximate surface area is 119 Å². The zero-order valence-corrected chi connectivity index (χ0v) is 11.6. The molecule has 1 aliphatic rings. The number of hydrogen-bond acceptors (Lipinski definition) is 3. The lowest BCUT2D eigenvalue weighted by atomic mass is 10.1. The molecule has 2 aromatic rings. The number of nitrogens with one attached hydrogen (secondary N) is 1. The molecule has 0 heterocycles. The third-order valence-corrected chi connectivity index (χ3v) is 3.91. The van der Waals surface area contributed by atoms with Crippen LogP contribution in [0.5, 0.6) is 11.5 Å². The lowest BCUT2D eigenvalue weighted by Crippen LogP contribution is -2.12. The zero-order valence-electron chi connectivity index (χ0n) is 11.6. The summed E-state index contributed by atoms with van der Waals surface area (Å²) in [7, 11) is 2.00. The summed E-state index contributed by atoms with van der Waals surface area (Å²) < 4.78 is 5.96. The van der Waals surface area contributed by atoms with E-state index in [0.29, 0.717) is 12.6 Å². The van der Waals surface area contributed by atoms with Crippen LogP contribution in [0.25, 0.3) is 0 Å². The molecule has 3 nitrogen and oxygen atoms in total. The fraction of sp³-hybridized carbons (Fsp3) is 0.294. The molecule has 0 amide bonds. The molecule has 20 heavy (non-hydrogen) atoms. The normalized spacial score (nSPS) is 16.9. The topological polar surface area (TPSA) is 41.5 Å². The van der Waals surface area contributed by atoms with Gasteiger partial charge in [-0.15, -0.1) is 0 Å². The predicted octanol–water partition coefficient (Wildman–Crippen LogP) is 3.18. The molecule has 0 spiro atoms. The Hall–Kier alpha value is -2.00. The van der Waals surface area contributed by atoms with Crippen LogP contribution in [0.3, 0.4) is 0 Å². The molecule has 1 unspecified atom stereocenters. The molecule has 1 aliphatic carbocycles. The minimum absolute atomic E-state index is 0.284. The van der Waals surface area contributed by atoms with Gasteiger partial charge in [-0.2, -0.15) is 0 Å². The maximum absolute atomic E-state index is 9.28. The molecule has 3 rings (SSSR count). The molecule has 0 saturated carbocycles. The average Bonchev–Trinajstić information content (AvgIpc) is 2.90. The molecule has 3 heteroatoms. The fourth-order valence-corrected chi connectivity index (χ4v) is 2.81. The largest absolute Gasteiger partial charge is 0.508 e. The van der Waals surface area contributed by atoms with E-state index in [0.717, 1.165) is 24.2 Å². The van der Waals surface area contributed by atoms with E-state index in [-0.39, 0.29) is 5.75 Å². The van der Waals surface area contributed by atoms with Crippen LogP contribution < -0.4 is 10.1 Å². The third kappa shape index (κ3) is 2.49. The molecule has 0 aliphatic heterocycles. The highest BCUT2D eigenvalue weighted by molar-refractivity contribution is 5.45. The molecule has 2 N–H and O–H groups in total. The van der Waals surface area contributed by atoms with E-state index in [9.17, 15) is 5.11 Å². The Bertz CT molecular complexity index is 592. The molecule has 0 radical (unpaired) electrons. The first-order chi connectivity index (χ1) is 9.78. The van der Waals surface area contributed by atoms with Crippen LogP contribution in [0.4, 0.5) is 0 Å². The van der Waals surface area contributed by atoms with Crippen molar-refractivity contribution >= 4 is 0 Å². The Kier molecular flexibility index (Phi) is 3.61. The van der Waals surface area contributed by atoms with Gasteiger partial charge in [0.25, 0.3) is 0 Å². The molecular weight excluding hydrogens is 250 g/mol. The summed E-state index contributed by atoms with van der Waals surface area (Å²) >= 11 is 0. The molecule has 2 aromatic carbocycles. The van der Waals surface area contributed by atoms with Crippen LogP contribution in [-0.4, -0.2) is 12.2 Å². The molecule has 0 bridgehead atoms. The minimum atomic E-state index is 0.284.